The summed E-state index contributed by atoms with van der Waals surface area (Å²) < 4.78 is 6.31. The Hall–Kier alpha value is -2.84. The van der Waals surface area contributed by atoms with Gasteiger partial charge in [-0.3, -0.25) is 4.98 Å². The zero-order chi connectivity index (χ0) is 20.1. The zero-order valence-electron chi connectivity index (χ0n) is 16.2. The first kappa shape index (κ1) is 19.9. The molecular formula is C23H22BrN3O. The summed E-state index contributed by atoms with van der Waals surface area (Å²) in [6, 6.07) is 8.61. The molecule has 3 aromatic rings. The number of methoxy groups -OCH3 is 1. The van der Waals surface area contributed by atoms with Crippen molar-refractivity contribution in [1.82, 2.24) is 15.0 Å². The van der Waals surface area contributed by atoms with Crippen molar-refractivity contribution in [2.75, 3.05) is 7.11 Å². The molecule has 0 aliphatic heterocycles. The SMILES string of the molecule is C#CC(C)/C(=C\C=C/CC)c1nc(OC)[nH]c1-c1ccc2ncc(Br)cc2c1. The van der Waals surface area contributed by atoms with Crippen molar-refractivity contribution < 1.29 is 4.74 Å². The van der Waals surface area contributed by atoms with Crippen LogP contribution in [0.4, 0.5) is 0 Å². The second-order valence-corrected chi connectivity index (χ2v) is 7.29. The lowest BCUT2D eigenvalue weighted by Crippen LogP contribution is -1.98. The van der Waals surface area contributed by atoms with E-state index in [0.717, 1.165) is 44.3 Å². The smallest absolute Gasteiger partial charge is 0.294 e. The van der Waals surface area contributed by atoms with Crippen molar-refractivity contribution in [3.8, 4) is 29.6 Å². The van der Waals surface area contributed by atoms with E-state index in [0.29, 0.717) is 6.01 Å². The summed E-state index contributed by atoms with van der Waals surface area (Å²) in [7, 11) is 1.60. The molecule has 0 fully saturated rings. The molecule has 1 aromatic carbocycles. The summed E-state index contributed by atoms with van der Waals surface area (Å²) in [6.07, 6.45) is 14.6. The lowest BCUT2D eigenvalue weighted by molar-refractivity contribution is 0.384. The van der Waals surface area contributed by atoms with Crippen LogP contribution in [0, 0.1) is 18.3 Å². The highest BCUT2D eigenvalue weighted by atomic mass is 79.9. The monoisotopic (exact) mass is 435 g/mol. The number of ether oxygens (including phenoxy) is 1. The molecule has 3 rings (SSSR count). The van der Waals surface area contributed by atoms with Gasteiger partial charge in [-0.2, -0.15) is 4.98 Å². The molecule has 1 N–H and O–H groups in total. The Morgan fingerprint density at radius 3 is 2.93 bits per heavy atom. The van der Waals surface area contributed by atoms with Crippen LogP contribution in [0.15, 0.2) is 53.2 Å². The first-order chi connectivity index (χ1) is 13.6. The molecule has 0 bridgehead atoms. The fourth-order valence-corrected chi connectivity index (χ4v) is 3.30. The third kappa shape index (κ3) is 4.18. The van der Waals surface area contributed by atoms with Gasteiger partial charge in [-0.05, 0) is 53.0 Å². The van der Waals surface area contributed by atoms with Crippen molar-refractivity contribution >= 4 is 32.4 Å². The highest BCUT2D eigenvalue weighted by Crippen LogP contribution is 2.34. The van der Waals surface area contributed by atoms with Gasteiger partial charge in [-0.25, -0.2) is 0 Å². The van der Waals surface area contributed by atoms with Crippen LogP contribution in [0.1, 0.15) is 26.0 Å². The minimum Gasteiger partial charge on any atom is -0.468 e. The van der Waals surface area contributed by atoms with Crippen LogP contribution in [0.3, 0.4) is 0 Å². The van der Waals surface area contributed by atoms with Gasteiger partial charge in [-0.15, -0.1) is 6.42 Å². The molecular weight excluding hydrogens is 414 g/mol. The number of nitrogens with zero attached hydrogens (tertiary/aromatic N) is 2. The molecule has 1 unspecified atom stereocenters. The molecule has 0 saturated heterocycles. The van der Waals surface area contributed by atoms with Crippen molar-refractivity contribution in [1.29, 1.82) is 0 Å². The molecule has 0 saturated carbocycles. The molecule has 28 heavy (non-hydrogen) atoms. The van der Waals surface area contributed by atoms with E-state index < -0.39 is 0 Å². The minimum atomic E-state index is -0.0930. The molecule has 2 heterocycles. The number of hydrogen-bond acceptors (Lipinski definition) is 3. The average molecular weight is 436 g/mol. The molecule has 0 aliphatic carbocycles. The number of fused-ring (bicyclic) bond motifs is 1. The van der Waals surface area contributed by atoms with E-state index in [9.17, 15) is 0 Å². The number of nitrogens with one attached hydrogen (secondary N) is 1. The number of rotatable bonds is 6. The van der Waals surface area contributed by atoms with E-state index in [2.05, 4.69) is 55.9 Å². The lowest BCUT2D eigenvalue weighted by Gasteiger charge is -2.11. The predicted molar refractivity (Wildman–Crippen MR) is 119 cm³/mol. The normalized spacial score (nSPS) is 13.0. The van der Waals surface area contributed by atoms with Gasteiger partial charge in [0.25, 0.3) is 6.01 Å². The number of hydrogen-bond donors (Lipinski definition) is 1. The molecule has 1 atom stereocenters. The number of allylic oxidation sites excluding steroid dienone is 4. The largest absolute Gasteiger partial charge is 0.468 e. The molecule has 0 spiro atoms. The third-order valence-corrected chi connectivity index (χ3v) is 4.88. The van der Waals surface area contributed by atoms with Gasteiger partial charge in [0, 0.05) is 27.5 Å². The number of halogens is 1. The van der Waals surface area contributed by atoms with Crippen molar-refractivity contribution in [2.45, 2.75) is 20.3 Å². The lowest BCUT2D eigenvalue weighted by atomic mass is 9.94. The highest BCUT2D eigenvalue weighted by molar-refractivity contribution is 9.10. The Labute approximate surface area is 173 Å². The number of H-pyrrole nitrogens is 1. The highest BCUT2D eigenvalue weighted by Gasteiger charge is 2.20. The number of aromatic nitrogens is 3. The van der Waals surface area contributed by atoms with Crippen molar-refractivity contribution in [3.63, 3.8) is 0 Å². The molecule has 142 valence electrons. The van der Waals surface area contributed by atoms with Gasteiger partial charge >= 0.3 is 0 Å². The van der Waals surface area contributed by atoms with E-state index in [1.54, 1.807) is 13.3 Å². The summed E-state index contributed by atoms with van der Waals surface area (Å²) in [5.74, 6) is 2.73. The maximum atomic E-state index is 5.74. The quantitative estimate of drug-likeness (QED) is 0.380. The topological polar surface area (TPSA) is 50.8 Å². The minimum absolute atomic E-state index is 0.0930. The Morgan fingerprint density at radius 1 is 1.39 bits per heavy atom. The molecule has 0 aliphatic rings. The van der Waals surface area contributed by atoms with Gasteiger partial charge in [0.15, 0.2) is 0 Å². The molecule has 0 amide bonds. The van der Waals surface area contributed by atoms with E-state index in [1.807, 2.05) is 37.3 Å². The van der Waals surface area contributed by atoms with Crippen molar-refractivity contribution in [2.24, 2.45) is 5.92 Å². The standard InChI is InChI=1S/C23H22BrN3O/c1-5-7-8-9-19(15(3)6-2)22-21(26-23(27-22)28-4)16-10-11-20-17(12-16)13-18(24)14-25-20/h2,7-15H,5H2,1,3-4H3,(H,26,27)/b8-7-,19-9+. The molecule has 2 aromatic heterocycles. The summed E-state index contributed by atoms with van der Waals surface area (Å²) in [5.41, 5.74) is 4.56. The van der Waals surface area contributed by atoms with Gasteiger partial charge in [-0.1, -0.05) is 37.1 Å². The second kappa shape index (κ2) is 8.90. The zero-order valence-corrected chi connectivity index (χ0v) is 17.7. The van der Waals surface area contributed by atoms with Crippen LogP contribution >= 0.6 is 15.9 Å². The summed E-state index contributed by atoms with van der Waals surface area (Å²) >= 11 is 3.49. The third-order valence-electron chi connectivity index (χ3n) is 4.45. The first-order valence-corrected chi connectivity index (χ1v) is 9.89. The van der Waals surface area contributed by atoms with Crippen LogP contribution in [0.2, 0.25) is 0 Å². The van der Waals surface area contributed by atoms with Gasteiger partial charge in [0.2, 0.25) is 0 Å². The molecule has 0 radical (unpaired) electrons. The van der Waals surface area contributed by atoms with E-state index in [1.165, 1.54) is 0 Å². The fraction of sp³-hybridized carbons (Fsp3) is 0.217. The second-order valence-electron chi connectivity index (χ2n) is 6.38. The first-order valence-electron chi connectivity index (χ1n) is 9.10. The van der Waals surface area contributed by atoms with E-state index >= 15 is 0 Å². The Balaban J connectivity index is 2.19. The maximum absolute atomic E-state index is 5.74. The fourth-order valence-electron chi connectivity index (χ4n) is 2.95. The summed E-state index contributed by atoms with van der Waals surface area (Å²) in [5, 5.41) is 1.03. The van der Waals surface area contributed by atoms with Gasteiger partial charge < -0.3 is 9.72 Å². The summed E-state index contributed by atoms with van der Waals surface area (Å²) in [6.45, 7) is 4.09. The maximum Gasteiger partial charge on any atom is 0.294 e. The van der Waals surface area contributed by atoms with Crippen LogP contribution in [-0.4, -0.2) is 22.1 Å². The van der Waals surface area contributed by atoms with Crippen LogP contribution in [0.5, 0.6) is 6.01 Å². The Morgan fingerprint density at radius 2 is 2.21 bits per heavy atom. The number of aromatic amines is 1. The summed E-state index contributed by atoms with van der Waals surface area (Å²) in [4.78, 5) is 12.4. The van der Waals surface area contributed by atoms with Gasteiger partial charge in [0.05, 0.1) is 24.0 Å². The Kier molecular flexibility index (Phi) is 6.33. The van der Waals surface area contributed by atoms with Crippen LogP contribution < -0.4 is 4.74 Å². The number of imidazole rings is 1. The van der Waals surface area contributed by atoms with Crippen molar-refractivity contribution in [3.05, 3.63) is 58.9 Å². The molecule has 5 heteroatoms. The molecule has 4 nitrogen and oxygen atoms in total. The number of benzene rings is 1. The predicted octanol–water partition coefficient (Wildman–Crippen LogP) is 6.01. The van der Waals surface area contributed by atoms with Crippen LogP contribution in [-0.2, 0) is 0 Å². The van der Waals surface area contributed by atoms with E-state index in [-0.39, 0.29) is 5.92 Å². The number of pyridine rings is 1. The Bertz CT molecular complexity index is 1090. The van der Waals surface area contributed by atoms with Crippen LogP contribution in [0.25, 0.3) is 27.7 Å². The average Bonchev–Trinajstić information content (AvgIpc) is 3.14. The van der Waals surface area contributed by atoms with E-state index in [4.69, 9.17) is 11.2 Å². The van der Waals surface area contributed by atoms with Gasteiger partial charge in [0.1, 0.15) is 0 Å². The number of terminal acetylenes is 1.